The Balaban J connectivity index is 2.54. The van der Waals surface area contributed by atoms with Crippen LogP contribution >= 0.6 is 0 Å². The fraction of sp³-hybridized carbons (Fsp3) is 0.571. The third-order valence-electron chi connectivity index (χ3n) is 1.78. The first-order chi connectivity index (χ1) is 5.49. The molecule has 1 saturated heterocycles. The van der Waals surface area contributed by atoms with Gasteiger partial charge in [-0.2, -0.15) is 0 Å². The average molecular weight is 190 g/mol. The van der Waals surface area contributed by atoms with Crippen LogP contribution in [0.4, 0.5) is 0 Å². The van der Waals surface area contributed by atoms with Crippen LogP contribution in [0.25, 0.3) is 0 Å². The number of aliphatic carboxylic acids is 1. The molecule has 1 fully saturated rings. The fourth-order valence-corrected chi connectivity index (χ4v) is 2.95. The zero-order valence-electron chi connectivity index (χ0n) is 6.43. The van der Waals surface area contributed by atoms with Gasteiger partial charge in [-0.05, 0) is 12.3 Å². The molecule has 0 aliphatic carbocycles. The van der Waals surface area contributed by atoms with Crippen molar-refractivity contribution in [3.63, 3.8) is 0 Å². The van der Waals surface area contributed by atoms with Gasteiger partial charge in [-0.3, -0.25) is 0 Å². The minimum atomic E-state index is -2.89. The third kappa shape index (κ3) is 2.65. The Kier molecular flexibility index (Phi) is 2.52. The van der Waals surface area contributed by atoms with Gasteiger partial charge in [0, 0.05) is 6.08 Å². The summed E-state index contributed by atoms with van der Waals surface area (Å²) in [6.07, 6.45) is 3.00. The second kappa shape index (κ2) is 3.26. The van der Waals surface area contributed by atoms with Gasteiger partial charge in [0.05, 0.1) is 11.5 Å². The van der Waals surface area contributed by atoms with Crippen molar-refractivity contribution in [2.45, 2.75) is 6.42 Å². The molecule has 4 nitrogen and oxygen atoms in total. The molecule has 1 heterocycles. The molecule has 0 spiro atoms. The number of allylic oxidation sites excluding steroid dienone is 1. The summed E-state index contributed by atoms with van der Waals surface area (Å²) in [5.74, 6) is -0.858. The second-order valence-corrected chi connectivity index (χ2v) is 5.09. The standard InChI is InChI=1S/C7H10O4S/c8-7(9)2-1-6-3-4-12(10,11)5-6/h1-2,6H,3-5H2,(H,8,9)/b2-1+. The van der Waals surface area contributed by atoms with Crippen LogP contribution in [0.2, 0.25) is 0 Å². The van der Waals surface area contributed by atoms with Crippen LogP contribution in [0.15, 0.2) is 12.2 Å². The molecule has 0 aromatic heterocycles. The van der Waals surface area contributed by atoms with Crippen LogP contribution in [0.3, 0.4) is 0 Å². The van der Waals surface area contributed by atoms with Crippen molar-refractivity contribution < 1.29 is 18.3 Å². The molecule has 0 aromatic rings. The summed E-state index contributed by atoms with van der Waals surface area (Å²) in [5, 5.41) is 8.27. The van der Waals surface area contributed by atoms with Crippen molar-refractivity contribution in [3.8, 4) is 0 Å². The maximum Gasteiger partial charge on any atom is 0.327 e. The highest BCUT2D eigenvalue weighted by molar-refractivity contribution is 7.91. The highest BCUT2D eigenvalue weighted by Gasteiger charge is 2.25. The second-order valence-electron chi connectivity index (χ2n) is 2.86. The van der Waals surface area contributed by atoms with Crippen molar-refractivity contribution >= 4 is 15.8 Å². The molecule has 12 heavy (non-hydrogen) atoms. The normalized spacial score (nSPS) is 27.8. The fourth-order valence-electron chi connectivity index (χ4n) is 1.19. The Morgan fingerprint density at radius 3 is 2.58 bits per heavy atom. The van der Waals surface area contributed by atoms with E-state index >= 15 is 0 Å². The predicted octanol–water partition coefficient (Wildman–Crippen LogP) is 0.0619. The van der Waals surface area contributed by atoms with Crippen LogP contribution in [0, 0.1) is 5.92 Å². The van der Waals surface area contributed by atoms with Gasteiger partial charge in [-0.1, -0.05) is 6.08 Å². The lowest BCUT2D eigenvalue weighted by atomic mass is 10.1. The Labute approximate surface area is 70.8 Å². The van der Waals surface area contributed by atoms with Crippen molar-refractivity contribution in [3.05, 3.63) is 12.2 Å². The van der Waals surface area contributed by atoms with E-state index < -0.39 is 15.8 Å². The van der Waals surface area contributed by atoms with Crippen molar-refractivity contribution in [1.29, 1.82) is 0 Å². The maximum absolute atomic E-state index is 10.9. The van der Waals surface area contributed by atoms with Gasteiger partial charge in [0.25, 0.3) is 0 Å². The molecule has 1 atom stereocenters. The Hall–Kier alpha value is -0.840. The monoisotopic (exact) mass is 190 g/mol. The van der Waals surface area contributed by atoms with E-state index in [0.29, 0.717) is 6.42 Å². The predicted molar refractivity (Wildman–Crippen MR) is 43.5 cm³/mol. The Morgan fingerprint density at radius 2 is 2.17 bits per heavy atom. The van der Waals surface area contributed by atoms with E-state index in [4.69, 9.17) is 5.11 Å². The van der Waals surface area contributed by atoms with Gasteiger partial charge in [0.2, 0.25) is 0 Å². The highest BCUT2D eigenvalue weighted by atomic mass is 32.2. The highest BCUT2D eigenvalue weighted by Crippen LogP contribution is 2.19. The number of sulfone groups is 1. The largest absolute Gasteiger partial charge is 0.478 e. The van der Waals surface area contributed by atoms with Crippen LogP contribution in [-0.2, 0) is 14.6 Å². The summed E-state index contributed by atoms with van der Waals surface area (Å²) < 4.78 is 21.8. The Bertz CT molecular complexity index is 301. The number of carboxylic acids is 1. The zero-order chi connectivity index (χ0) is 9.19. The van der Waals surface area contributed by atoms with Crippen LogP contribution in [0.1, 0.15) is 6.42 Å². The molecule has 1 rings (SSSR count). The van der Waals surface area contributed by atoms with Gasteiger partial charge in [0.15, 0.2) is 9.84 Å². The lowest BCUT2D eigenvalue weighted by Gasteiger charge is -1.95. The summed E-state index contributed by atoms with van der Waals surface area (Å²) in [4.78, 5) is 10.1. The van der Waals surface area contributed by atoms with Crippen LogP contribution < -0.4 is 0 Å². The number of carbonyl (C=O) groups is 1. The summed E-state index contributed by atoms with van der Waals surface area (Å²) in [5.41, 5.74) is 0. The molecule has 1 unspecified atom stereocenters. The molecular weight excluding hydrogens is 180 g/mol. The van der Waals surface area contributed by atoms with Gasteiger partial charge < -0.3 is 5.11 Å². The van der Waals surface area contributed by atoms with Gasteiger partial charge >= 0.3 is 5.97 Å². The molecule has 1 N–H and O–H groups in total. The lowest BCUT2D eigenvalue weighted by molar-refractivity contribution is -0.131. The third-order valence-corrected chi connectivity index (χ3v) is 3.57. The summed E-state index contributed by atoms with van der Waals surface area (Å²) in [6, 6.07) is 0. The minimum Gasteiger partial charge on any atom is -0.478 e. The SMILES string of the molecule is O=C(O)/C=C/C1CCS(=O)(=O)C1. The maximum atomic E-state index is 10.9. The van der Waals surface area contributed by atoms with Crippen molar-refractivity contribution in [2.75, 3.05) is 11.5 Å². The molecule has 5 heteroatoms. The van der Waals surface area contributed by atoms with Gasteiger partial charge in [0.1, 0.15) is 0 Å². The topological polar surface area (TPSA) is 71.4 Å². The Morgan fingerprint density at radius 1 is 1.50 bits per heavy atom. The van der Waals surface area contributed by atoms with Gasteiger partial charge in [-0.15, -0.1) is 0 Å². The molecular formula is C7H10O4S. The first-order valence-corrected chi connectivity index (χ1v) is 5.43. The van der Waals surface area contributed by atoms with Crippen molar-refractivity contribution in [2.24, 2.45) is 5.92 Å². The first-order valence-electron chi connectivity index (χ1n) is 3.61. The quantitative estimate of drug-likeness (QED) is 0.625. The van der Waals surface area contributed by atoms with E-state index in [1.807, 2.05) is 0 Å². The van der Waals surface area contributed by atoms with E-state index in [9.17, 15) is 13.2 Å². The summed E-state index contributed by atoms with van der Waals surface area (Å²) in [7, 11) is -2.89. The molecule has 1 aliphatic rings. The number of carboxylic acid groups (broad SMARTS) is 1. The number of hydrogen-bond donors (Lipinski definition) is 1. The molecule has 1 aliphatic heterocycles. The van der Waals surface area contributed by atoms with E-state index in [2.05, 4.69) is 0 Å². The van der Waals surface area contributed by atoms with E-state index in [1.54, 1.807) is 0 Å². The van der Waals surface area contributed by atoms with E-state index in [0.717, 1.165) is 6.08 Å². The molecule has 0 amide bonds. The molecule has 0 bridgehead atoms. The van der Waals surface area contributed by atoms with E-state index in [1.165, 1.54) is 6.08 Å². The van der Waals surface area contributed by atoms with E-state index in [-0.39, 0.29) is 17.4 Å². The lowest BCUT2D eigenvalue weighted by Crippen LogP contribution is -2.03. The first kappa shape index (κ1) is 9.25. The van der Waals surface area contributed by atoms with Crippen LogP contribution in [-0.4, -0.2) is 31.0 Å². The number of hydrogen-bond acceptors (Lipinski definition) is 3. The van der Waals surface area contributed by atoms with Gasteiger partial charge in [-0.25, -0.2) is 13.2 Å². The number of rotatable bonds is 2. The minimum absolute atomic E-state index is 0.0940. The molecule has 0 radical (unpaired) electrons. The molecule has 68 valence electrons. The van der Waals surface area contributed by atoms with Crippen LogP contribution in [0.5, 0.6) is 0 Å². The van der Waals surface area contributed by atoms with Crippen molar-refractivity contribution in [1.82, 2.24) is 0 Å². The molecule has 0 aromatic carbocycles. The average Bonchev–Trinajstić information content (AvgIpc) is 2.26. The molecule has 0 saturated carbocycles. The zero-order valence-corrected chi connectivity index (χ0v) is 7.25. The summed E-state index contributed by atoms with van der Waals surface area (Å²) in [6.45, 7) is 0. The smallest absolute Gasteiger partial charge is 0.327 e. The summed E-state index contributed by atoms with van der Waals surface area (Å²) >= 11 is 0.